The molecule has 0 unspecified atom stereocenters. The van der Waals surface area contributed by atoms with Gasteiger partial charge in [0, 0.05) is 0 Å². The topological polar surface area (TPSA) is 21.5 Å². The number of carbonyl (C=O) groups excluding carboxylic acids is 1. The molecule has 24 heavy (non-hydrogen) atoms. The molecule has 1 fully saturated rings. The number of benzene rings is 2. The summed E-state index contributed by atoms with van der Waals surface area (Å²) < 4.78 is 0. The minimum absolute atomic E-state index is 0.197. The first kappa shape index (κ1) is 16.4. The summed E-state index contributed by atoms with van der Waals surface area (Å²) in [4.78, 5) is 14.4. The molecule has 2 aromatic carbocycles. The smallest absolute Gasteiger partial charge is 0.196 e. The molecule has 0 aromatic heterocycles. The molecule has 2 heteroatoms. The van der Waals surface area contributed by atoms with E-state index >= 15 is 0 Å². The van der Waals surface area contributed by atoms with Gasteiger partial charge in [0.2, 0.25) is 0 Å². The Labute approximate surface area is 144 Å². The van der Waals surface area contributed by atoms with Gasteiger partial charge < -0.3 is 4.90 Å². The van der Waals surface area contributed by atoms with E-state index in [0.717, 1.165) is 48.3 Å². The molecular formula is C22H24NO+. The highest BCUT2D eigenvalue weighted by molar-refractivity contribution is 6.14. The fraction of sp³-hybridized carbons (Fsp3) is 0.227. The molecule has 1 heterocycles. The molecule has 122 valence electrons. The van der Waals surface area contributed by atoms with Crippen LogP contribution in [-0.2, 0) is 4.79 Å². The predicted octanol–water partition coefficient (Wildman–Crippen LogP) is 3.03. The number of carbonyl (C=O) groups is 1. The third-order valence-electron chi connectivity index (χ3n) is 4.35. The second-order valence-corrected chi connectivity index (χ2v) is 6.34. The van der Waals surface area contributed by atoms with E-state index in [1.165, 1.54) is 4.90 Å². The molecule has 0 radical (unpaired) electrons. The Morgan fingerprint density at radius 2 is 1.29 bits per heavy atom. The van der Waals surface area contributed by atoms with E-state index in [9.17, 15) is 4.79 Å². The lowest BCUT2D eigenvalue weighted by Gasteiger charge is -2.26. The summed E-state index contributed by atoms with van der Waals surface area (Å²) in [6.07, 6.45) is 5.23. The molecule has 0 aliphatic carbocycles. The Morgan fingerprint density at radius 1 is 0.833 bits per heavy atom. The molecule has 0 saturated carbocycles. The number of ketones is 1. The van der Waals surface area contributed by atoms with Gasteiger partial charge in [0.05, 0.1) is 17.7 Å². The van der Waals surface area contributed by atoms with Crippen LogP contribution in [0, 0.1) is 0 Å². The minimum Gasteiger partial charge on any atom is -0.327 e. The SMILES string of the molecule is CCC[NH+]1C/C(=C\c2ccccc2)C(=O)/C(=C/c2ccccc2)C1. The first-order chi connectivity index (χ1) is 11.8. The Hall–Kier alpha value is -2.45. The van der Waals surface area contributed by atoms with Gasteiger partial charge >= 0.3 is 0 Å². The van der Waals surface area contributed by atoms with Gasteiger partial charge in [0.1, 0.15) is 13.1 Å². The lowest BCUT2D eigenvalue weighted by molar-refractivity contribution is -0.891. The molecule has 1 aliphatic heterocycles. The molecule has 1 aliphatic rings. The maximum Gasteiger partial charge on any atom is 0.196 e. The van der Waals surface area contributed by atoms with Crippen LogP contribution in [-0.4, -0.2) is 25.4 Å². The summed E-state index contributed by atoms with van der Waals surface area (Å²) in [5, 5.41) is 0. The zero-order chi connectivity index (χ0) is 16.8. The average molecular weight is 318 g/mol. The van der Waals surface area contributed by atoms with Crippen LogP contribution in [0.4, 0.5) is 0 Å². The number of rotatable bonds is 4. The average Bonchev–Trinajstić information content (AvgIpc) is 2.61. The van der Waals surface area contributed by atoms with Crippen LogP contribution in [0.1, 0.15) is 24.5 Å². The highest BCUT2D eigenvalue weighted by atomic mass is 16.1. The van der Waals surface area contributed by atoms with Gasteiger partial charge in [0.25, 0.3) is 0 Å². The molecule has 0 amide bonds. The third kappa shape index (κ3) is 4.09. The van der Waals surface area contributed by atoms with Gasteiger partial charge in [-0.25, -0.2) is 0 Å². The number of hydrogen-bond donors (Lipinski definition) is 1. The van der Waals surface area contributed by atoms with Crippen molar-refractivity contribution in [3.8, 4) is 0 Å². The molecule has 0 atom stereocenters. The molecule has 3 rings (SSSR count). The zero-order valence-electron chi connectivity index (χ0n) is 14.2. The maximum absolute atomic E-state index is 12.9. The molecule has 1 saturated heterocycles. The molecule has 2 aromatic rings. The van der Waals surface area contributed by atoms with E-state index < -0.39 is 0 Å². The Bertz CT molecular complexity index is 683. The van der Waals surface area contributed by atoms with Crippen molar-refractivity contribution in [1.29, 1.82) is 0 Å². The zero-order valence-corrected chi connectivity index (χ0v) is 14.2. The Morgan fingerprint density at radius 3 is 1.71 bits per heavy atom. The summed E-state index contributed by atoms with van der Waals surface area (Å²) in [7, 11) is 0. The van der Waals surface area contributed by atoms with Crippen LogP contribution >= 0.6 is 0 Å². The standard InChI is InChI=1S/C22H23NO/c1-2-13-23-16-20(14-18-9-5-3-6-10-18)22(24)21(17-23)15-19-11-7-4-8-12-19/h3-12,14-15H,2,13,16-17H2,1H3/p+1/b20-14+,21-15+. The van der Waals surface area contributed by atoms with Crippen LogP contribution in [0.3, 0.4) is 0 Å². The molecule has 0 spiro atoms. The van der Waals surface area contributed by atoms with E-state index in [1.54, 1.807) is 0 Å². The second kappa shape index (κ2) is 7.89. The maximum atomic E-state index is 12.9. The van der Waals surface area contributed by atoms with Crippen LogP contribution < -0.4 is 4.90 Å². The van der Waals surface area contributed by atoms with Crippen molar-refractivity contribution in [3.05, 3.63) is 82.9 Å². The largest absolute Gasteiger partial charge is 0.327 e. The normalized spacial score (nSPS) is 21.4. The fourth-order valence-corrected chi connectivity index (χ4v) is 3.23. The number of hydrogen-bond acceptors (Lipinski definition) is 1. The fourth-order valence-electron chi connectivity index (χ4n) is 3.23. The van der Waals surface area contributed by atoms with Crippen LogP contribution in [0.2, 0.25) is 0 Å². The van der Waals surface area contributed by atoms with Crippen LogP contribution in [0.15, 0.2) is 71.8 Å². The van der Waals surface area contributed by atoms with Gasteiger partial charge in [-0.15, -0.1) is 0 Å². The van der Waals surface area contributed by atoms with Crippen molar-refractivity contribution in [2.45, 2.75) is 13.3 Å². The van der Waals surface area contributed by atoms with E-state index in [1.807, 2.05) is 36.4 Å². The van der Waals surface area contributed by atoms with Gasteiger partial charge in [-0.2, -0.15) is 0 Å². The van der Waals surface area contributed by atoms with Gasteiger partial charge in [-0.05, 0) is 29.7 Å². The Kier molecular flexibility index (Phi) is 5.39. The number of piperidine rings is 1. The molecule has 0 bridgehead atoms. The lowest BCUT2D eigenvalue weighted by Crippen LogP contribution is -3.13. The van der Waals surface area contributed by atoms with Gasteiger partial charge in [0.15, 0.2) is 5.78 Å². The highest BCUT2D eigenvalue weighted by Gasteiger charge is 2.28. The van der Waals surface area contributed by atoms with Gasteiger partial charge in [-0.1, -0.05) is 67.6 Å². The van der Waals surface area contributed by atoms with Gasteiger partial charge in [-0.3, -0.25) is 4.79 Å². The number of Topliss-reactive ketones (excluding diaryl/α,β-unsaturated/α-hetero) is 1. The van der Waals surface area contributed by atoms with E-state index in [-0.39, 0.29) is 5.78 Å². The van der Waals surface area contributed by atoms with Crippen molar-refractivity contribution in [2.75, 3.05) is 19.6 Å². The highest BCUT2D eigenvalue weighted by Crippen LogP contribution is 2.16. The summed E-state index contributed by atoms with van der Waals surface area (Å²) in [6, 6.07) is 20.2. The summed E-state index contributed by atoms with van der Waals surface area (Å²) in [5.41, 5.74) is 4.02. The predicted molar refractivity (Wildman–Crippen MR) is 99.7 cm³/mol. The number of likely N-dealkylation sites (tertiary alicyclic amines) is 1. The monoisotopic (exact) mass is 318 g/mol. The van der Waals surface area contributed by atoms with Crippen molar-refractivity contribution in [1.82, 2.24) is 0 Å². The lowest BCUT2D eigenvalue weighted by atomic mass is 9.94. The third-order valence-corrected chi connectivity index (χ3v) is 4.35. The van der Waals surface area contributed by atoms with Crippen LogP contribution in [0.25, 0.3) is 12.2 Å². The van der Waals surface area contributed by atoms with E-state index in [0.29, 0.717) is 0 Å². The Balaban J connectivity index is 1.93. The minimum atomic E-state index is 0.197. The molecule has 1 N–H and O–H groups in total. The summed E-state index contributed by atoms with van der Waals surface area (Å²) >= 11 is 0. The van der Waals surface area contributed by atoms with Crippen molar-refractivity contribution >= 4 is 17.9 Å². The van der Waals surface area contributed by atoms with E-state index in [4.69, 9.17) is 0 Å². The van der Waals surface area contributed by atoms with E-state index in [2.05, 4.69) is 43.3 Å². The van der Waals surface area contributed by atoms with Crippen molar-refractivity contribution in [3.63, 3.8) is 0 Å². The molecular weight excluding hydrogens is 294 g/mol. The quantitative estimate of drug-likeness (QED) is 0.860. The summed E-state index contributed by atoms with van der Waals surface area (Å²) in [5.74, 6) is 0.197. The number of nitrogens with one attached hydrogen (secondary N) is 1. The summed E-state index contributed by atoms with van der Waals surface area (Å²) in [6.45, 7) is 4.91. The number of quaternary nitrogens is 1. The van der Waals surface area contributed by atoms with Crippen LogP contribution in [0.5, 0.6) is 0 Å². The first-order valence-electron chi connectivity index (χ1n) is 8.66. The second-order valence-electron chi connectivity index (χ2n) is 6.34. The van der Waals surface area contributed by atoms with Crippen molar-refractivity contribution in [2.24, 2.45) is 0 Å². The van der Waals surface area contributed by atoms with Crippen molar-refractivity contribution < 1.29 is 9.69 Å². The molecule has 2 nitrogen and oxygen atoms in total. The first-order valence-corrected chi connectivity index (χ1v) is 8.66.